The minimum absolute atomic E-state index is 0.0762. The van der Waals surface area contributed by atoms with E-state index in [9.17, 15) is 4.79 Å². The Balaban J connectivity index is 1.40. The van der Waals surface area contributed by atoms with E-state index in [0.29, 0.717) is 12.5 Å². The molecule has 5 nitrogen and oxygen atoms in total. The van der Waals surface area contributed by atoms with E-state index in [4.69, 9.17) is 0 Å². The van der Waals surface area contributed by atoms with Gasteiger partial charge in [-0.15, -0.1) is 0 Å². The molecule has 3 rings (SSSR count). The van der Waals surface area contributed by atoms with Crippen LogP contribution in [-0.2, 0) is 11.3 Å². The molecule has 0 aromatic carbocycles. The van der Waals surface area contributed by atoms with Crippen molar-refractivity contribution in [1.82, 2.24) is 20.0 Å². The van der Waals surface area contributed by atoms with Gasteiger partial charge in [0.2, 0.25) is 5.91 Å². The number of aryl methyl sites for hydroxylation is 2. The van der Waals surface area contributed by atoms with E-state index in [1.165, 1.54) is 45.1 Å². The maximum Gasteiger partial charge on any atom is 0.241 e. The summed E-state index contributed by atoms with van der Waals surface area (Å²) in [6.45, 7) is 7.46. The zero-order valence-corrected chi connectivity index (χ0v) is 14.6. The van der Waals surface area contributed by atoms with Crippen molar-refractivity contribution in [2.24, 2.45) is 5.92 Å². The maximum absolute atomic E-state index is 12.1. The largest absolute Gasteiger partial charge is 0.354 e. The highest BCUT2D eigenvalue weighted by molar-refractivity contribution is 5.75. The molecule has 1 amide bonds. The second-order valence-corrected chi connectivity index (χ2v) is 7.33. The zero-order valence-electron chi connectivity index (χ0n) is 14.6. The van der Waals surface area contributed by atoms with Gasteiger partial charge < -0.3 is 10.2 Å². The Kier molecular flexibility index (Phi) is 5.36. The molecule has 1 saturated heterocycles. The molecular weight excluding hydrogens is 288 g/mol. The first-order valence-electron chi connectivity index (χ1n) is 9.13. The molecule has 1 unspecified atom stereocenters. The predicted octanol–water partition coefficient (Wildman–Crippen LogP) is 2.27. The topological polar surface area (TPSA) is 50.2 Å². The monoisotopic (exact) mass is 318 g/mol. The Morgan fingerprint density at radius 3 is 2.74 bits per heavy atom. The van der Waals surface area contributed by atoms with Crippen molar-refractivity contribution in [1.29, 1.82) is 0 Å². The fraction of sp³-hybridized carbons (Fsp3) is 0.778. The first kappa shape index (κ1) is 16.5. The second-order valence-electron chi connectivity index (χ2n) is 7.33. The highest BCUT2D eigenvalue weighted by Gasteiger charge is 2.29. The van der Waals surface area contributed by atoms with E-state index < -0.39 is 0 Å². The lowest BCUT2D eigenvalue weighted by molar-refractivity contribution is -0.122. The van der Waals surface area contributed by atoms with Crippen LogP contribution in [0.15, 0.2) is 6.07 Å². The molecule has 1 aliphatic carbocycles. The van der Waals surface area contributed by atoms with Crippen LogP contribution in [-0.4, -0.2) is 46.3 Å². The Hall–Kier alpha value is -1.36. The van der Waals surface area contributed by atoms with Crippen LogP contribution >= 0.6 is 0 Å². The highest BCUT2D eigenvalue weighted by atomic mass is 16.2. The minimum Gasteiger partial charge on any atom is -0.354 e. The van der Waals surface area contributed by atoms with Gasteiger partial charge in [0.25, 0.3) is 0 Å². The molecular formula is C18H30N4O. The molecule has 2 heterocycles. The molecule has 2 fully saturated rings. The highest BCUT2D eigenvalue weighted by Crippen LogP contribution is 2.27. The molecule has 1 aliphatic heterocycles. The van der Waals surface area contributed by atoms with E-state index in [0.717, 1.165) is 30.5 Å². The van der Waals surface area contributed by atoms with E-state index in [-0.39, 0.29) is 5.91 Å². The maximum atomic E-state index is 12.1. The number of carbonyl (C=O) groups is 1. The summed E-state index contributed by atoms with van der Waals surface area (Å²) in [6.07, 6.45) is 8.16. The van der Waals surface area contributed by atoms with Crippen LogP contribution in [0.4, 0.5) is 0 Å². The lowest BCUT2D eigenvalue weighted by Crippen LogP contribution is -2.37. The fourth-order valence-electron chi connectivity index (χ4n) is 4.09. The third kappa shape index (κ3) is 4.34. The molecule has 1 aromatic rings. The Bertz CT molecular complexity index is 533. The molecule has 128 valence electrons. The van der Waals surface area contributed by atoms with Gasteiger partial charge in [0, 0.05) is 24.8 Å². The van der Waals surface area contributed by atoms with Gasteiger partial charge >= 0.3 is 0 Å². The lowest BCUT2D eigenvalue weighted by atomic mass is 9.94. The Morgan fingerprint density at radius 1 is 1.26 bits per heavy atom. The van der Waals surface area contributed by atoms with E-state index in [1.54, 1.807) is 4.68 Å². The van der Waals surface area contributed by atoms with Gasteiger partial charge in [-0.1, -0.05) is 19.3 Å². The average molecular weight is 318 g/mol. The van der Waals surface area contributed by atoms with Crippen LogP contribution in [0, 0.1) is 19.8 Å². The number of carbonyl (C=O) groups excluding carboxylic acids is 1. The Morgan fingerprint density at radius 2 is 2.04 bits per heavy atom. The molecule has 1 N–H and O–H groups in total. The van der Waals surface area contributed by atoms with Gasteiger partial charge in [-0.3, -0.25) is 9.48 Å². The van der Waals surface area contributed by atoms with Crippen molar-refractivity contribution in [2.45, 2.75) is 65.0 Å². The first-order valence-corrected chi connectivity index (χ1v) is 9.13. The van der Waals surface area contributed by atoms with Gasteiger partial charge in [-0.2, -0.15) is 5.10 Å². The standard InChI is InChI=1S/C18H30N4O/c1-14-10-15(2)22(20-14)13-18(23)19-11-16-8-9-21(12-16)17-6-4-3-5-7-17/h10,16-17H,3-9,11-13H2,1-2H3,(H,19,23). The van der Waals surface area contributed by atoms with Crippen molar-refractivity contribution in [3.8, 4) is 0 Å². The summed E-state index contributed by atoms with van der Waals surface area (Å²) in [6, 6.07) is 2.81. The summed E-state index contributed by atoms with van der Waals surface area (Å²) < 4.78 is 1.79. The summed E-state index contributed by atoms with van der Waals surface area (Å²) in [5.41, 5.74) is 2.01. The van der Waals surface area contributed by atoms with Crippen LogP contribution < -0.4 is 5.32 Å². The summed E-state index contributed by atoms with van der Waals surface area (Å²) in [5.74, 6) is 0.689. The summed E-state index contributed by atoms with van der Waals surface area (Å²) >= 11 is 0. The van der Waals surface area contributed by atoms with Crippen molar-refractivity contribution in [2.75, 3.05) is 19.6 Å². The van der Waals surface area contributed by atoms with Gasteiger partial charge in [0.1, 0.15) is 6.54 Å². The SMILES string of the molecule is Cc1cc(C)n(CC(=O)NCC2CCN(C3CCCCC3)C2)n1. The molecule has 0 spiro atoms. The van der Waals surface area contributed by atoms with E-state index in [2.05, 4.69) is 15.3 Å². The zero-order chi connectivity index (χ0) is 16.2. The number of hydrogen-bond donors (Lipinski definition) is 1. The lowest BCUT2D eigenvalue weighted by Gasteiger charge is -2.31. The molecule has 2 aliphatic rings. The number of nitrogens with zero attached hydrogens (tertiary/aromatic N) is 3. The van der Waals surface area contributed by atoms with Gasteiger partial charge in [-0.05, 0) is 51.6 Å². The van der Waals surface area contributed by atoms with E-state index in [1.807, 2.05) is 19.9 Å². The number of likely N-dealkylation sites (tertiary alicyclic amines) is 1. The summed E-state index contributed by atoms with van der Waals surface area (Å²) in [7, 11) is 0. The fourth-order valence-corrected chi connectivity index (χ4v) is 4.09. The number of amides is 1. The molecule has 0 radical (unpaired) electrons. The van der Waals surface area contributed by atoms with Crippen molar-refractivity contribution in [3.05, 3.63) is 17.5 Å². The predicted molar refractivity (Wildman–Crippen MR) is 91.3 cm³/mol. The minimum atomic E-state index is 0.0762. The normalized spacial score (nSPS) is 23.3. The molecule has 5 heteroatoms. The van der Waals surface area contributed by atoms with E-state index >= 15 is 0 Å². The quantitative estimate of drug-likeness (QED) is 0.906. The van der Waals surface area contributed by atoms with Crippen molar-refractivity contribution in [3.63, 3.8) is 0 Å². The van der Waals surface area contributed by atoms with Crippen molar-refractivity contribution < 1.29 is 4.79 Å². The number of aromatic nitrogens is 2. The Labute approximate surface area is 139 Å². The van der Waals surface area contributed by atoms with Crippen LogP contribution in [0.2, 0.25) is 0 Å². The van der Waals surface area contributed by atoms with Crippen molar-refractivity contribution >= 4 is 5.91 Å². The van der Waals surface area contributed by atoms with Gasteiger partial charge in [0.15, 0.2) is 0 Å². The smallest absolute Gasteiger partial charge is 0.241 e. The van der Waals surface area contributed by atoms with Crippen LogP contribution in [0.1, 0.15) is 49.9 Å². The number of hydrogen-bond acceptors (Lipinski definition) is 3. The van der Waals surface area contributed by atoms with Crippen LogP contribution in [0.3, 0.4) is 0 Å². The third-order valence-corrected chi connectivity index (χ3v) is 5.39. The molecule has 0 bridgehead atoms. The molecule has 1 saturated carbocycles. The average Bonchev–Trinajstić information content (AvgIpc) is 3.13. The number of rotatable bonds is 5. The first-order chi connectivity index (χ1) is 11.1. The third-order valence-electron chi connectivity index (χ3n) is 5.39. The van der Waals surface area contributed by atoms with Gasteiger partial charge in [-0.25, -0.2) is 0 Å². The molecule has 1 aromatic heterocycles. The molecule has 23 heavy (non-hydrogen) atoms. The number of nitrogens with one attached hydrogen (secondary N) is 1. The molecule has 1 atom stereocenters. The second kappa shape index (κ2) is 7.47. The van der Waals surface area contributed by atoms with Crippen LogP contribution in [0.25, 0.3) is 0 Å². The summed E-state index contributed by atoms with van der Waals surface area (Å²) in [5, 5.41) is 7.46. The van der Waals surface area contributed by atoms with Crippen LogP contribution in [0.5, 0.6) is 0 Å². The van der Waals surface area contributed by atoms with Gasteiger partial charge in [0.05, 0.1) is 5.69 Å². The summed E-state index contributed by atoms with van der Waals surface area (Å²) in [4.78, 5) is 14.8.